The summed E-state index contributed by atoms with van der Waals surface area (Å²) in [4.78, 5) is 2.18. The highest BCUT2D eigenvalue weighted by Gasteiger charge is 2.44. The monoisotopic (exact) mass is 424 g/mol. The Morgan fingerprint density at radius 3 is 2.46 bits per heavy atom. The lowest BCUT2D eigenvalue weighted by molar-refractivity contribution is 0.149. The van der Waals surface area contributed by atoms with Gasteiger partial charge in [-0.2, -0.15) is 5.10 Å². The van der Waals surface area contributed by atoms with E-state index in [1.807, 2.05) is 0 Å². The number of H-pyrrole nitrogens is 1. The number of halogens is 3. The van der Waals surface area contributed by atoms with Gasteiger partial charge in [0.05, 0.1) is 11.8 Å². The summed E-state index contributed by atoms with van der Waals surface area (Å²) in [5.41, 5.74) is 1.19. The summed E-state index contributed by atoms with van der Waals surface area (Å²) in [6, 6.07) is 3.10. The fourth-order valence-electron chi connectivity index (χ4n) is 3.96. The third kappa shape index (κ3) is 3.17. The van der Waals surface area contributed by atoms with E-state index in [-0.39, 0.29) is 23.5 Å². The van der Waals surface area contributed by atoms with E-state index in [0.29, 0.717) is 16.0 Å². The molecular weight excluding hydrogens is 406 g/mol. The largest absolute Gasteiger partial charge is 0.345 e. The predicted octanol–water partition coefficient (Wildman–Crippen LogP) is 3.49. The van der Waals surface area contributed by atoms with Crippen molar-refractivity contribution in [1.29, 1.82) is 0 Å². The summed E-state index contributed by atoms with van der Waals surface area (Å²) in [5, 5.41) is 19.3. The van der Waals surface area contributed by atoms with Crippen LogP contribution in [0.3, 0.4) is 0 Å². The van der Waals surface area contributed by atoms with Gasteiger partial charge in [0.2, 0.25) is 5.13 Å². The molecule has 2 saturated heterocycles. The van der Waals surface area contributed by atoms with Gasteiger partial charge >= 0.3 is 0 Å². The lowest BCUT2D eigenvalue weighted by Crippen LogP contribution is -2.60. The van der Waals surface area contributed by atoms with Gasteiger partial charge in [-0.1, -0.05) is 17.4 Å². The molecule has 28 heavy (non-hydrogen) atoms. The van der Waals surface area contributed by atoms with Crippen molar-refractivity contribution in [3.8, 4) is 21.7 Å². The second-order valence-corrected chi connectivity index (χ2v) is 8.23. The van der Waals surface area contributed by atoms with E-state index in [0.717, 1.165) is 31.3 Å². The van der Waals surface area contributed by atoms with E-state index in [4.69, 9.17) is 0 Å². The number of nitrogens with one attached hydrogen (secondary N) is 2. The van der Waals surface area contributed by atoms with Gasteiger partial charge in [-0.25, -0.2) is 8.78 Å². The Bertz CT molecular complexity index is 963. The molecule has 0 unspecified atom stereocenters. The Kier molecular flexibility index (Phi) is 5.07. The van der Waals surface area contributed by atoms with Crippen molar-refractivity contribution in [1.82, 2.24) is 25.7 Å². The van der Waals surface area contributed by atoms with Crippen molar-refractivity contribution < 1.29 is 8.78 Å². The highest BCUT2D eigenvalue weighted by atomic mass is 35.5. The summed E-state index contributed by atoms with van der Waals surface area (Å²) in [6.07, 6.45) is 5.33. The first-order chi connectivity index (χ1) is 13.2. The molecule has 4 heterocycles. The molecule has 5 rings (SSSR count). The van der Waals surface area contributed by atoms with Gasteiger partial charge < -0.3 is 10.2 Å². The number of aromatic amines is 1. The Morgan fingerprint density at radius 1 is 1.04 bits per heavy atom. The minimum absolute atomic E-state index is 0. The summed E-state index contributed by atoms with van der Waals surface area (Å²) in [6.45, 7) is 4.03. The van der Waals surface area contributed by atoms with Crippen LogP contribution in [-0.2, 0) is 0 Å². The van der Waals surface area contributed by atoms with Crippen molar-refractivity contribution >= 4 is 28.9 Å². The standard InChI is InChI=1S/C18H18F2N6S.ClH/c19-14-12(11-7-22-23-8-11)1-2-13(15(14)20)16-24-25-17(27-16)26-9-18(10-26)3-5-21-6-4-18;/h1-2,7-8,21H,3-6,9-10H2,(H,22,23);1H. The van der Waals surface area contributed by atoms with E-state index < -0.39 is 11.6 Å². The van der Waals surface area contributed by atoms with Crippen LogP contribution in [0.5, 0.6) is 0 Å². The summed E-state index contributed by atoms with van der Waals surface area (Å²) < 4.78 is 29.2. The van der Waals surface area contributed by atoms with E-state index >= 15 is 0 Å². The zero-order valence-corrected chi connectivity index (χ0v) is 16.5. The molecule has 0 saturated carbocycles. The van der Waals surface area contributed by atoms with Crippen LogP contribution in [0.1, 0.15) is 12.8 Å². The highest BCUT2D eigenvalue weighted by Crippen LogP contribution is 2.43. The zero-order valence-electron chi connectivity index (χ0n) is 14.9. The van der Waals surface area contributed by atoms with Crippen LogP contribution in [0, 0.1) is 17.0 Å². The Labute approximate surface area is 170 Å². The van der Waals surface area contributed by atoms with Crippen LogP contribution in [0.25, 0.3) is 21.7 Å². The maximum absolute atomic E-state index is 14.6. The Morgan fingerprint density at radius 2 is 1.75 bits per heavy atom. The van der Waals surface area contributed by atoms with Gasteiger partial charge in [0.1, 0.15) is 0 Å². The Hall–Kier alpha value is -2.10. The fraction of sp³-hybridized carbons (Fsp3) is 0.389. The molecule has 0 atom stereocenters. The normalized spacial score (nSPS) is 18.0. The molecule has 2 aliphatic heterocycles. The molecule has 0 aliphatic carbocycles. The van der Waals surface area contributed by atoms with Gasteiger partial charge in [0.25, 0.3) is 0 Å². The molecule has 0 bridgehead atoms. The van der Waals surface area contributed by atoms with E-state index in [9.17, 15) is 8.78 Å². The number of nitrogens with zero attached hydrogens (tertiary/aromatic N) is 4. The molecule has 2 fully saturated rings. The second-order valence-electron chi connectivity index (χ2n) is 7.27. The number of hydrogen-bond acceptors (Lipinski definition) is 6. The molecule has 0 amide bonds. The summed E-state index contributed by atoms with van der Waals surface area (Å²) >= 11 is 1.31. The minimum Gasteiger partial charge on any atom is -0.345 e. The number of hydrogen-bond donors (Lipinski definition) is 2. The summed E-state index contributed by atoms with van der Waals surface area (Å²) in [5.74, 6) is -1.81. The van der Waals surface area contributed by atoms with Crippen LogP contribution >= 0.6 is 23.7 Å². The van der Waals surface area contributed by atoms with Crippen LogP contribution < -0.4 is 10.2 Å². The first-order valence-corrected chi connectivity index (χ1v) is 9.74. The molecule has 0 radical (unpaired) electrons. The Balaban J connectivity index is 0.00000192. The first kappa shape index (κ1) is 19.2. The number of benzene rings is 1. The molecule has 148 valence electrons. The lowest BCUT2D eigenvalue weighted by atomic mass is 9.73. The first-order valence-electron chi connectivity index (χ1n) is 8.92. The third-order valence-electron chi connectivity index (χ3n) is 5.52. The molecular formula is C18H19ClF2N6S. The van der Waals surface area contributed by atoms with Crippen molar-refractivity contribution in [2.24, 2.45) is 5.41 Å². The number of aromatic nitrogens is 4. The van der Waals surface area contributed by atoms with Gasteiger partial charge in [-0.15, -0.1) is 22.6 Å². The average molecular weight is 425 g/mol. The lowest BCUT2D eigenvalue weighted by Gasteiger charge is -2.52. The maximum Gasteiger partial charge on any atom is 0.208 e. The molecule has 2 aromatic heterocycles. The number of piperidine rings is 1. The molecule has 6 nitrogen and oxygen atoms in total. The van der Waals surface area contributed by atoms with Gasteiger partial charge in [-0.05, 0) is 32.0 Å². The van der Waals surface area contributed by atoms with Crippen LogP contribution in [0.4, 0.5) is 13.9 Å². The number of rotatable bonds is 3. The highest BCUT2D eigenvalue weighted by molar-refractivity contribution is 7.18. The zero-order chi connectivity index (χ0) is 18.4. The quantitative estimate of drug-likeness (QED) is 0.673. The van der Waals surface area contributed by atoms with Crippen LogP contribution in [0.2, 0.25) is 0 Å². The van der Waals surface area contributed by atoms with Crippen molar-refractivity contribution in [3.63, 3.8) is 0 Å². The minimum atomic E-state index is -0.908. The third-order valence-corrected chi connectivity index (χ3v) is 6.54. The van der Waals surface area contributed by atoms with Crippen LogP contribution in [-0.4, -0.2) is 46.6 Å². The average Bonchev–Trinajstić information content (AvgIpc) is 3.34. The van der Waals surface area contributed by atoms with Crippen molar-refractivity contribution in [2.45, 2.75) is 12.8 Å². The van der Waals surface area contributed by atoms with Gasteiger partial charge in [0.15, 0.2) is 16.6 Å². The predicted molar refractivity (Wildman–Crippen MR) is 107 cm³/mol. The fourth-order valence-corrected chi connectivity index (χ4v) is 4.82. The second kappa shape index (κ2) is 7.38. The van der Waals surface area contributed by atoms with Crippen molar-refractivity contribution in [2.75, 3.05) is 31.1 Å². The maximum atomic E-state index is 14.6. The molecule has 1 spiro atoms. The van der Waals surface area contributed by atoms with Gasteiger partial charge in [0, 0.05) is 35.8 Å². The van der Waals surface area contributed by atoms with E-state index in [1.54, 1.807) is 12.1 Å². The topological polar surface area (TPSA) is 69.7 Å². The molecule has 10 heteroatoms. The summed E-state index contributed by atoms with van der Waals surface area (Å²) in [7, 11) is 0. The number of anilines is 1. The van der Waals surface area contributed by atoms with E-state index in [2.05, 4.69) is 30.6 Å². The SMILES string of the molecule is Cl.Fc1c(-c2cn[nH]c2)ccc(-c2nnc(N3CC4(CCNCC4)C3)s2)c1F. The van der Waals surface area contributed by atoms with Crippen LogP contribution in [0.15, 0.2) is 24.5 Å². The molecule has 2 aliphatic rings. The van der Waals surface area contributed by atoms with Crippen molar-refractivity contribution in [3.05, 3.63) is 36.2 Å². The molecule has 1 aromatic carbocycles. The molecule has 2 N–H and O–H groups in total. The smallest absolute Gasteiger partial charge is 0.208 e. The van der Waals surface area contributed by atoms with Gasteiger partial charge in [-0.3, -0.25) is 5.10 Å². The van der Waals surface area contributed by atoms with E-state index in [1.165, 1.54) is 36.6 Å². The molecule has 3 aromatic rings.